The number of rotatable bonds is 5. The maximum Gasteiger partial charge on any atom is 0.251 e. The fourth-order valence-electron chi connectivity index (χ4n) is 1.88. The van der Waals surface area contributed by atoms with Crippen LogP contribution in [0.3, 0.4) is 0 Å². The van der Waals surface area contributed by atoms with Gasteiger partial charge in [0.1, 0.15) is 0 Å². The third-order valence-electron chi connectivity index (χ3n) is 3.00. The number of carbonyl (C=O) groups excluding carboxylic acids is 2. The van der Waals surface area contributed by atoms with Crippen molar-refractivity contribution >= 4 is 17.8 Å². The molecule has 1 aromatic carbocycles. The minimum absolute atomic E-state index is 0.159. The number of amides is 2. The molecule has 1 aromatic rings. The molecule has 0 aromatic heterocycles. The first kappa shape index (κ1) is 14.8. The first-order valence-electron chi connectivity index (χ1n) is 6.83. The Morgan fingerprint density at radius 2 is 2.05 bits per heavy atom. The number of hydrogen-bond donors (Lipinski definition) is 4. The Morgan fingerprint density at radius 1 is 1.29 bits per heavy atom. The zero-order chi connectivity index (χ0) is 15.1. The number of nitrogens with zero attached hydrogens (tertiary/aromatic N) is 1. The van der Waals surface area contributed by atoms with Crippen molar-refractivity contribution in [3.8, 4) is 0 Å². The van der Waals surface area contributed by atoms with Crippen molar-refractivity contribution in [1.29, 1.82) is 0 Å². The molecule has 21 heavy (non-hydrogen) atoms. The molecule has 1 heterocycles. The van der Waals surface area contributed by atoms with E-state index >= 15 is 0 Å². The number of primary amides is 1. The van der Waals surface area contributed by atoms with Crippen LogP contribution in [0.4, 0.5) is 0 Å². The number of benzene rings is 1. The monoisotopic (exact) mass is 289 g/mol. The van der Waals surface area contributed by atoms with Crippen LogP contribution in [0.2, 0.25) is 0 Å². The van der Waals surface area contributed by atoms with E-state index in [-0.39, 0.29) is 12.5 Å². The largest absolute Gasteiger partial charge is 0.368 e. The molecule has 0 aliphatic carbocycles. The van der Waals surface area contributed by atoms with Crippen molar-refractivity contribution in [1.82, 2.24) is 16.0 Å². The number of carbonyl (C=O) groups is 2. The topological polar surface area (TPSA) is 109 Å². The summed E-state index contributed by atoms with van der Waals surface area (Å²) in [7, 11) is 0. The molecule has 1 aliphatic rings. The van der Waals surface area contributed by atoms with Gasteiger partial charge in [-0.3, -0.25) is 14.6 Å². The highest BCUT2D eigenvalue weighted by atomic mass is 16.2. The normalized spacial score (nSPS) is 13.8. The summed E-state index contributed by atoms with van der Waals surface area (Å²) >= 11 is 0. The molecule has 0 fully saturated rings. The Labute approximate surface area is 123 Å². The van der Waals surface area contributed by atoms with Gasteiger partial charge >= 0.3 is 0 Å². The molecule has 2 rings (SSSR count). The third kappa shape index (κ3) is 4.79. The summed E-state index contributed by atoms with van der Waals surface area (Å²) in [5.41, 5.74) is 6.51. The van der Waals surface area contributed by atoms with Crippen molar-refractivity contribution in [3.63, 3.8) is 0 Å². The SMILES string of the molecule is NC(=O)CNC(=O)c1ccc(CNC2=NCCCN2)cc1. The van der Waals surface area contributed by atoms with Crippen molar-refractivity contribution < 1.29 is 9.59 Å². The van der Waals surface area contributed by atoms with Crippen LogP contribution >= 0.6 is 0 Å². The molecular formula is C14H19N5O2. The molecule has 7 heteroatoms. The lowest BCUT2D eigenvalue weighted by Crippen LogP contribution is -2.40. The zero-order valence-electron chi connectivity index (χ0n) is 11.7. The van der Waals surface area contributed by atoms with E-state index in [2.05, 4.69) is 20.9 Å². The van der Waals surface area contributed by atoms with Crippen LogP contribution in [0.5, 0.6) is 0 Å². The van der Waals surface area contributed by atoms with Gasteiger partial charge in [-0.15, -0.1) is 0 Å². The van der Waals surface area contributed by atoms with Gasteiger partial charge in [-0.2, -0.15) is 0 Å². The molecule has 5 N–H and O–H groups in total. The summed E-state index contributed by atoms with van der Waals surface area (Å²) < 4.78 is 0. The van der Waals surface area contributed by atoms with Crippen LogP contribution in [0, 0.1) is 0 Å². The molecule has 0 radical (unpaired) electrons. The van der Waals surface area contributed by atoms with Crippen molar-refractivity contribution in [3.05, 3.63) is 35.4 Å². The first-order valence-corrected chi connectivity index (χ1v) is 6.83. The first-order chi connectivity index (χ1) is 10.1. The molecule has 112 valence electrons. The van der Waals surface area contributed by atoms with Crippen LogP contribution in [-0.4, -0.2) is 37.4 Å². The van der Waals surface area contributed by atoms with Crippen LogP contribution in [0.15, 0.2) is 29.3 Å². The van der Waals surface area contributed by atoms with Gasteiger partial charge in [-0.1, -0.05) is 12.1 Å². The van der Waals surface area contributed by atoms with Gasteiger partial charge < -0.3 is 21.7 Å². The Balaban J connectivity index is 1.85. The summed E-state index contributed by atoms with van der Waals surface area (Å²) in [6, 6.07) is 7.14. The molecule has 0 spiro atoms. The van der Waals surface area contributed by atoms with E-state index in [1.807, 2.05) is 12.1 Å². The lowest BCUT2D eigenvalue weighted by molar-refractivity contribution is -0.117. The predicted molar refractivity (Wildman–Crippen MR) is 79.7 cm³/mol. The van der Waals surface area contributed by atoms with Crippen molar-refractivity contribution in [2.45, 2.75) is 13.0 Å². The minimum Gasteiger partial charge on any atom is -0.368 e. The number of guanidine groups is 1. The number of hydrogen-bond acceptors (Lipinski definition) is 5. The van der Waals surface area contributed by atoms with Crippen LogP contribution in [-0.2, 0) is 11.3 Å². The summed E-state index contributed by atoms with van der Waals surface area (Å²) in [5.74, 6) is -0.0684. The van der Waals surface area contributed by atoms with E-state index in [1.54, 1.807) is 12.1 Å². The van der Waals surface area contributed by atoms with Gasteiger partial charge in [-0.05, 0) is 24.1 Å². The van der Waals surface area contributed by atoms with E-state index < -0.39 is 5.91 Å². The summed E-state index contributed by atoms with van der Waals surface area (Å²) in [4.78, 5) is 26.6. The number of nitrogens with one attached hydrogen (secondary N) is 3. The lowest BCUT2D eigenvalue weighted by Gasteiger charge is -2.16. The van der Waals surface area contributed by atoms with Crippen molar-refractivity contribution in [2.75, 3.05) is 19.6 Å². The fourth-order valence-corrected chi connectivity index (χ4v) is 1.88. The molecule has 0 saturated carbocycles. The molecule has 0 atom stereocenters. The predicted octanol–water partition coefficient (Wildman–Crippen LogP) is -0.659. The van der Waals surface area contributed by atoms with E-state index in [1.165, 1.54) is 0 Å². The number of nitrogens with two attached hydrogens (primary N) is 1. The zero-order valence-corrected chi connectivity index (χ0v) is 11.7. The van der Waals surface area contributed by atoms with Gasteiger partial charge in [-0.25, -0.2) is 0 Å². The maximum absolute atomic E-state index is 11.7. The quantitative estimate of drug-likeness (QED) is 0.577. The highest BCUT2D eigenvalue weighted by Crippen LogP contribution is 2.04. The van der Waals surface area contributed by atoms with Gasteiger partial charge in [0.2, 0.25) is 5.91 Å². The van der Waals surface area contributed by atoms with E-state index in [0.29, 0.717) is 12.1 Å². The second-order valence-electron chi connectivity index (χ2n) is 4.71. The third-order valence-corrected chi connectivity index (χ3v) is 3.00. The van der Waals surface area contributed by atoms with E-state index in [0.717, 1.165) is 31.0 Å². The smallest absolute Gasteiger partial charge is 0.251 e. The standard InChI is InChI=1S/C14H19N5O2/c15-12(20)9-18-13(21)11-4-2-10(3-5-11)8-19-14-16-6-1-7-17-14/h2-5H,1,6-9H2,(H2,15,20)(H,18,21)(H2,16,17,19). The second kappa shape index (κ2) is 7.28. The molecule has 0 saturated heterocycles. The molecule has 0 unspecified atom stereocenters. The highest BCUT2D eigenvalue weighted by Gasteiger charge is 2.07. The van der Waals surface area contributed by atoms with Crippen molar-refractivity contribution in [2.24, 2.45) is 10.7 Å². The Hall–Kier alpha value is -2.57. The molecule has 1 aliphatic heterocycles. The maximum atomic E-state index is 11.7. The van der Waals surface area contributed by atoms with E-state index in [9.17, 15) is 9.59 Å². The molecule has 0 bridgehead atoms. The fraction of sp³-hybridized carbons (Fsp3) is 0.357. The average molecular weight is 289 g/mol. The summed E-state index contributed by atoms with van der Waals surface area (Å²) in [6.07, 6.45) is 1.06. The molecule has 7 nitrogen and oxygen atoms in total. The highest BCUT2D eigenvalue weighted by molar-refractivity contribution is 5.96. The van der Waals surface area contributed by atoms with Crippen LogP contribution < -0.4 is 21.7 Å². The Kier molecular flexibility index (Phi) is 5.14. The lowest BCUT2D eigenvalue weighted by atomic mass is 10.1. The molecular weight excluding hydrogens is 270 g/mol. The number of aliphatic imine (C=N–C) groups is 1. The van der Waals surface area contributed by atoms with Gasteiger partial charge in [0.05, 0.1) is 6.54 Å². The molecule has 2 amide bonds. The Morgan fingerprint density at radius 3 is 2.67 bits per heavy atom. The van der Waals surface area contributed by atoms with Gasteiger partial charge in [0.15, 0.2) is 5.96 Å². The second-order valence-corrected chi connectivity index (χ2v) is 4.71. The van der Waals surface area contributed by atoms with Gasteiger partial charge in [0, 0.05) is 25.2 Å². The summed E-state index contributed by atoms with van der Waals surface area (Å²) in [5, 5.41) is 8.82. The summed E-state index contributed by atoms with van der Waals surface area (Å²) in [6.45, 7) is 2.25. The van der Waals surface area contributed by atoms with Crippen LogP contribution in [0.25, 0.3) is 0 Å². The van der Waals surface area contributed by atoms with E-state index in [4.69, 9.17) is 5.73 Å². The minimum atomic E-state index is -0.565. The van der Waals surface area contributed by atoms with Gasteiger partial charge in [0.25, 0.3) is 5.91 Å². The Bertz CT molecular complexity index is 539. The average Bonchev–Trinajstić information content (AvgIpc) is 2.52. The van der Waals surface area contributed by atoms with Crippen LogP contribution in [0.1, 0.15) is 22.3 Å².